The van der Waals surface area contributed by atoms with E-state index in [1.807, 2.05) is 65.6 Å². The van der Waals surface area contributed by atoms with Gasteiger partial charge in [0.05, 0.1) is 0 Å². The number of carbonyl (C=O) groups excluding carboxylic acids is 1. The van der Waals surface area contributed by atoms with E-state index >= 15 is 0 Å². The van der Waals surface area contributed by atoms with E-state index in [2.05, 4.69) is 34.0 Å². The summed E-state index contributed by atoms with van der Waals surface area (Å²) in [6.45, 7) is 8.02. The van der Waals surface area contributed by atoms with Crippen LogP contribution in [0.3, 0.4) is 0 Å². The standard InChI is InChI=1S/C26H33N5O2/c1-4-17-30(21-12-8-6-9-13-21)19-16-23(32)29-24-25(27-20(3)28-26(24)33)31(18-5-2)22-14-10-7-11-15-22/h6-15H,4-5,16-19H2,1-3H3,(H,29,32)(H,27,28,33). The van der Waals surface area contributed by atoms with Crippen LogP contribution in [0.2, 0.25) is 0 Å². The monoisotopic (exact) mass is 447 g/mol. The van der Waals surface area contributed by atoms with Crippen molar-refractivity contribution in [2.75, 3.05) is 34.8 Å². The van der Waals surface area contributed by atoms with Gasteiger partial charge in [0.25, 0.3) is 5.56 Å². The molecule has 0 spiro atoms. The van der Waals surface area contributed by atoms with Crippen molar-refractivity contribution in [1.29, 1.82) is 0 Å². The van der Waals surface area contributed by atoms with Crippen molar-refractivity contribution in [3.63, 3.8) is 0 Å². The molecule has 0 unspecified atom stereocenters. The van der Waals surface area contributed by atoms with E-state index < -0.39 is 0 Å². The first-order chi connectivity index (χ1) is 16.0. The number of amides is 1. The Kier molecular flexibility index (Phi) is 8.63. The lowest BCUT2D eigenvalue weighted by atomic mass is 10.2. The van der Waals surface area contributed by atoms with Crippen LogP contribution in [-0.4, -0.2) is 35.5 Å². The number of aryl methyl sites for hydroxylation is 1. The van der Waals surface area contributed by atoms with Gasteiger partial charge >= 0.3 is 0 Å². The van der Waals surface area contributed by atoms with Crippen LogP contribution in [0.4, 0.5) is 22.9 Å². The summed E-state index contributed by atoms with van der Waals surface area (Å²) < 4.78 is 0. The van der Waals surface area contributed by atoms with E-state index in [9.17, 15) is 9.59 Å². The Bertz CT molecular complexity index is 1080. The summed E-state index contributed by atoms with van der Waals surface area (Å²) in [4.78, 5) is 37.3. The van der Waals surface area contributed by atoms with E-state index in [0.717, 1.165) is 30.8 Å². The third-order valence-corrected chi connectivity index (χ3v) is 5.28. The lowest BCUT2D eigenvalue weighted by Gasteiger charge is -2.26. The molecular formula is C26H33N5O2. The molecule has 0 atom stereocenters. The number of H-pyrrole nitrogens is 1. The Balaban J connectivity index is 1.83. The number of hydrogen-bond acceptors (Lipinski definition) is 5. The average Bonchev–Trinajstić information content (AvgIpc) is 2.83. The maximum atomic E-state index is 12.9. The summed E-state index contributed by atoms with van der Waals surface area (Å²) in [5, 5.41) is 2.85. The molecule has 2 aromatic carbocycles. The van der Waals surface area contributed by atoms with Crippen LogP contribution in [0.15, 0.2) is 65.5 Å². The van der Waals surface area contributed by atoms with Crippen molar-refractivity contribution >= 4 is 28.8 Å². The Hall–Kier alpha value is -3.61. The van der Waals surface area contributed by atoms with Gasteiger partial charge in [0.1, 0.15) is 5.82 Å². The van der Waals surface area contributed by atoms with Gasteiger partial charge in [0.15, 0.2) is 11.5 Å². The van der Waals surface area contributed by atoms with Crippen molar-refractivity contribution in [2.45, 2.75) is 40.0 Å². The van der Waals surface area contributed by atoms with Crippen molar-refractivity contribution < 1.29 is 4.79 Å². The molecule has 0 saturated heterocycles. The normalized spacial score (nSPS) is 10.6. The SMILES string of the molecule is CCCN(CCC(=O)Nc1c(N(CCC)c2ccccc2)nc(C)[nH]c1=O)c1ccccc1. The first kappa shape index (κ1) is 24.0. The van der Waals surface area contributed by atoms with Crippen LogP contribution in [0.1, 0.15) is 38.9 Å². The number of nitrogens with one attached hydrogen (secondary N) is 2. The van der Waals surface area contributed by atoms with Crippen LogP contribution in [0, 0.1) is 6.92 Å². The van der Waals surface area contributed by atoms with Gasteiger partial charge in [0, 0.05) is 37.4 Å². The predicted octanol–water partition coefficient (Wildman–Crippen LogP) is 4.87. The van der Waals surface area contributed by atoms with E-state index in [-0.39, 0.29) is 23.6 Å². The fourth-order valence-corrected chi connectivity index (χ4v) is 3.79. The summed E-state index contributed by atoms with van der Waals surface area (Å²) in [6.07, 6.45) is 2.10. The quantitative estimate of drug-likeness (QED) is 0.438. The van der Waals surface area contributed by atoms with Crippen LogP contribution >= 0.6 is 0 Å². The zero-order valence-corrected chi connectivity index (χ0v) is 19.7. The van der Waals surface area contributed by atoms with Gasteiger partial charge in [-0.3, -0.25) is 9.59 Å². The summed E-state index contributed by atoms with van der Waals surface area (Å²) in [7, 11) is 0. The topological polar surface area (TPSA) is 81.3 Å². The minimum Gasteiger partial charge on any atom is -0.371 e. The zero-order valence-electron chi connectivity index (χ0n) is 19.7. The molecule has 0 aliphatic carbocycles. The summed E-state index contributed by atoms with van der Waals surface area (Å²) in [5.74, 6) is 0.753. The second kappa shape index (κ2) is 11.9. The molecule has 1 aromatic heterocycles. The minimum atomic E-state index is -0.351. The highest BCUT2D eigenvalue weighted by Crippen LogP contribution is 2.28. The van der Waals surface area contributed by atoms with Crippen LogP contribution < -0.4 is 20.7 Å². The number of hydrogen-bond donors (Lipinski definition) is 2. The largest absolute Gasteiger partial charge is 0.371 e. The number of aromatic nitrogens is 2. The molecule has 7 nitrogen and oxygen atoms in total. The van der Waals surface area contributed by atoms with Gasteiger partial charge < -0.3 is 20.1 Å². The smallest absolute Gasteiger partial charge is 0.276 e. The summed E-state index contributed by atoms with van der Waals surface area (Å²) >= 11 is 0. The van der Waals surface area contributed by atoms with Crippen molar-refractivity contribution in [3.8, 4) is 0 Å². The average molecular weight is 448 g/mol. The van der Waals surface area contributed by atoms with Gasteiger partial charge in [-0.05, 0) is 44.0 Å². The van der Waals surface area contributed by atoms with Gasteiger partial charge in [-0.25, -0.2) is 4.98 Å². The zero-order chi connectivity index (χ0) is 23.6. The number of rotatable bonds is 11. The maximum Gasteiger partial charge on any atom is 0.276 e. The number of anilines is 4. The molecule has 2 N–H and O–H groups in total. The Morgan fingerprint density at radius 2 is 1.52 bits per heavy atom. The van der Waals surface area contributed by atoms with Gasteiger partial charge in [-0.2, -0.15) is 0 Å². The molecule has 33 heavy (non-hydrogen) atoms. The first-order valence-corrected chi connectivity index (χ1v) is 11.6. The summed E-state index contributed by atoms with van der Waals surface area (Å²) in [5.41, 5.74) is 1.84. The predicted molar refractivity (Wildman–Crippen MR) is 136 cm³/mol. The molecule has 0 saturated carbocycles. The maximum absolute atomic E-state index is 12.9. The fourth-order valence-electron chi connectivity index (χ4n) is 3.79. The highest BCUT2D eigenvalue weighted by atomic mass is 16.2. The third kappa shape index (κ3) is 6.44. The lowest BCUT2D eigenvalue weighted by Crippen LogP contribution is -2.31. The molecular weight excluding hydrogens is 414 g/mol. The molecule has 0 radical (unpaired) electrons. The number of benzene rings is 2. The third-order valence-electron chi connectivity index (χ3n) is 5.28. The second-order valence-corrected chi connectivity index (χ2v) is 7.96. The summed E-state index contributed by atoms with van der Waals surface area (Å²) in [6, 6.07) is 19.8. The van der Waals surface area contributed by atoms with Crippen LogP contribution in [-0.2, 0) is 4.79 Å². The Labute approximate surface area is 195 Å². The Morgan fingerprint density at radius 1 is 0.909 bits per heavy atom. The first-order valence-electron chi connectivity index (χ1n) is 11.6. The van der Waals surface area contributed by atoms with E-state index in [1.54, 1.807) is 6.92 Å². The van der Waals surface area contributed by atoms with E-state index in [1.165, 1.54) is 0 Å². The van der Waals surface area contributed by atoms with E-state index in [0.29, 0.717) is 24.7 Å². The molecule has 7 heteroatoms. The number of para-hydroxylation sites is 2. The number of aromatic amines is 1. The molecule has 1 heterocycles. The van der Waals surface area contributed by atoms with E-state index in [4.69, 9.17) is 0 Å². The van der Waals surface area contributed by atoms with Crippen molar-refractivity contribution in [3.05, 3.63) is 76.8 Å². The Morgan fingerprint density at radius 3 is 2.12 bits per heavy atom. The van der Waals surface area contributed by atoms with Crippen LogP contribution in [0.25, 0.3) is 0 Å². The van der Waals surface area contributed by atoms with Gasteiger partial charge in [-0.1, -0.05) is 50.2 Å². The van der Waals surface area contributed by atoms with Gasteiger partial charge in [0.2, 0.25) is 5.91 Å². The molecule has 1 amide bonds. The molecule has 0 aliphatic rings. The van der Waals surface area contributed by atoms with Crippen molar-refractivity contribution in [2.24, 2.45) is 0 Å². The van der Waals surface area contributed by atoms with Crippen molar-refractivity contribution in [1.82, 2.24) is 9.97 Å². The fraction of sp³-hybridized carbons (Fsp3) is 0.346. The number of carbonyl (C=O) groups is 1. The lowest BCUT2D eigenvalue weighted by molar-refractivity contribution is -0.116. The van der Waals surface area contributed by atoms with Crippen LogP contribution in [0.5, 0.6) is 0 Å². The molecule has 0 fully saturated rings. The molecule has 0 bridgehead atoms. The highest BCUT2D eigenvalue weighted by Gasteiger charge is 2.20. The molecule has 3 rings (SSSR count). The second-order valence-electron chi connectivity index (χ2n) is 7.96. The minimum absolute atomic E-state index is 0.185. The molecule has 3 aromatic rings. The molecule has 174 valence electrons. The molecule has 0 aliphatic heterocycles. The van der Waals surface area contributed by atoms with Gasteiger partial charge in [-0.15, -0.1) is 0 Å². The highest BCUT2D eigenvalue weighted by molar-refractivity contribution is 5.94. The number of nitrogens with zero attached hydrogens (tertiary/aromatic N) is 3.